The van der Waals surface area contributed by atoms with Crippen LogP contribution >= 0.6 is 0 Å². The molecular weight excluding hydrogens is 400 g/mol. The molecule has 0 amide bonds. The number of fused-ring (bicyclic) bond motifs is 2. The van der Waals surface area contributed by atoms with Crippen molar-refractivity contribution in [1.29, 1.82) is 0 Å². The lowest BCUT2D eigenvalue weighted by molar-refractivity contribution is -0.128. The van der Waals surface area contributed by atoms with E-state index in [0.29, 0.717) is 18.4 Å². The highest BCUT2D eigenvalue weighted by molar-refractivity contribution is 7.92. The van der Waals surface area contributed by atoms with Crippen molar-refractivity contribution in [2.24, 2.45) is 16.7 Å². The number of hydrogen-bond acceptors (Lipinski definition) is 5. The standard InChI is InChI=1S/C19H28N2O5S2/c1-13-6-7-15(11-16(13)28(25,26)21(4)5)20-27(23,24)12-19-9-8-14(10-17(19)22)18(19,2)3/h6-7,11,14,20H,8-10,12H2,1-5H3. The van der Waals surface area contributed by atoms with Crippen molar-refractivity contribution >= 4 is 31.5 Å². The van der Waals surface area contributed by atoms with E-state index in [0.717, 1.165) is 10.7 Å². The number of ketones is 1. The molecule has 156 valence electrons. The van der Waals surface area contributed by atoms with Crippen molar-refractivity contribution in [3.05, 3.63) is 23.8 Å². The van der Waals surface area contributed by atoms with Crippen molar-refractivity contribution in [3.8, 4) is 0 Å². The first-order valence-electron chi connectivity index (χ1n) is 9.30. The average Bonchev–Trinajstić information content (AvgIpc) is 2.89. The molecule has 9 heteroatoms. The number of sulfonamides is 2. The van der Waals surface area contributed by atoms with E-state index in [-0.39, 0.29) is 33.5 Å². The van der Waals surface area contributed by atoms with Gasteiger partial charge in [-0.15, -0.1) is 0 Å². The van der Waals surface area contributed by atoms with Crippen LogP contribution in [0.25, 0.3) is 0 Å². The summed E-state index contributed by atoms with van der Waals surface area (Å²) in [5.74, 6) is -0.0169. The Bertz CT molecular complexity index is 1030. The molecule has 2 unspecified atom stereocenters. The summed E-state index contributed by atoms with van der Waals surface area (Å²) in [6.07, 6.45) is 1.89. The number of rotatable bonds is 6. The lowest BCUT2D eigenvalue weighted by atomic mass is 9.70. The van der Waals surface area contributed by atoms with Crippen molar-refractivity contribution < 1.29 is 21.6 Å². The second kappa shape index (κ2) is 6.53. The molecule has 0 aliphatic heterocycles. The molecule has 0 aromatic heterocycles. The number of carbonyl (C=O) groups is 1. The zero-order chi connectivity index (χ0) is 21.1. The fraction of sp³-hybridized carbons (Fsp3) is 0.632. The Kier molecular flexibility index (Phi) is 4.96. The number of carbonyl (C=O) groups excluding carboxylic acids is 1. The van der Waals surface area contributed by atoms with E-state index in [4.69, 9.17) is 0 Å². The van der Waals surface area contributed by atoms with Gasteiger partial charge >= 0.3 is 0 Å². The Hall–Kier alpha value is -1.45. The van der Waals surface area contributed by atoms with Crippen LogP contribution in [0.3, 0.4) is 0 Å². The highest BCUT2D eigenvalue weighted by atomic mass is 32.2. The topological polar surface area (TPSA) is 101 Å². The van der Waals surface area contributed by atoms with Crippen molar-refractivity contribution in [2.45, 2.75) is 44.9 Å². The summed E-state index contributed by atoms with van der Waals surface area (Å²) in [7, 11) is -4.69. The molecule has 2 aliphatic carbocycles. The predicted molar refractivity (Wildman–Crippen MR) is 108 cm³/mol. The Morgan fingerprint density at radius 2 is 1.82 bits per heavy atom. The minimum Gasteiger partial charge on any atom is -0.299 e. The molecule has 1 N–H and O–H groups in total. The lowest BCUT2D eigenvalue weighted by Gasteiger charge is -2.36. The second-order valence-electron chi connectivity index (χ2n) is 8.80. The van der Waals surface area contributed by atoms with E-state index in [1.807, 2.05) is 13.8 Å². The minimum atomic E-state index is -3.84. The van der Waals surface area contributed by atoms with Gasteiger partial charge in [0.25, 0.3) is 0 Å². The first-order valence-corrected chi connectivity index (χ1v) is 12.4. The summed E-state index contributed by atoms with van der Waals surface area (Å²) >= 11 is 0. The molecule has 0 saturated heterocycles. The zero-order valence-electron chi connectivity index (χ0n) is 16.9. The van der Waals surface area contributed by atoms with Gasteiger partial charge in [-0.05, 0) is 48.8 Å². The quantitative estimate of drug-likeness (QED) is 0.750. The molecule has 0 radical (unpaired) electrons. The van der Waals surface area contributed by atoms with Gasteiger partial charge in [0.2, 0.25) is 20.0 Å². The van der Waals surface area contributed by atoms with Crippen LogP contribution < -0.4 is 4.72 Å². The molecule has 2 aliphatic rings. The van der Waals surface area contributed by atoms with Gasteiger partial charge in [-0.25, -0.2) is 21.1 Å². The van der Waals surface area contributed by atoms with Crippen molar-refractivity contribution in [3.63, 3.8) is 0 Å². The van der Waals surface area contributed by atoms with Gasteiger partial charge in [0, 0.05) is 26.2 Å². The molecule has 2 saturated carbocycles. The summed E-state index contributed by atoms with van der Waals surface area (Å²) in [5.41, 5.74) is -0.514. The van der Waals surface area contributed by atoms with Crippen molar-refractivity contribution in [2.75, 3.05) is 24.6 Å². The average molecular weight is 429 g/mol. The van der Waals surface area contributed by atoms with Gasteiger partial charge in [-0.2, -0.15) is 0 Å². The maximum absolute atomic E-state index is 12.9. The maximum atomic E-state index is 12.9. The highest BCUT2D eigenvalue weighted by Gasteiger charge is 2.65. The number of anilines is 1. The lowest BCUT2D eigenvalue weighted by Crippen LogP contribution is -2.43. The Labute approximate surface area is 167 Å². The molecule has 1 aromatic rings. The smallest absolute Gasteiger partial charge is 0.242 e. The van der Waals surface area contributed by atoms with E-state index in [9.17, 15) is 21.6 Å². The van der Waals surface area contributed by atoms with E-state index >= 15 is 0 Å². The van der Waals surface area contributed by atoms with Crippen LogP contribution in [-0.4, -0.2) is 46.8 Å². The number of hydrogen-bond donors (Lipinski definition) is 1. The summed E-state index contributed by atoms with van der Waals surface area (Å²) in [6.45, 7) is 5.63. The first-order chi connectivity index (χ1) is 12.7. The number of nitrogens with zero attached hydrogens (tertiary/aromatic N) is 1. The van der Waals surface area contributed by atoms with Crippen molar-refractivity contribution in [1.82, 2.24) is 4.31 Å². The Balaban J connectivity index is 1.91. The summed E-state index contributed by atoms with van der Waals surface area (Å²) < 4.78 is 54.4. The third-order valence-corrected chi connectivity index (χ3v) is 10.2. The summed E-state index contributed by atoms with van der Waals surface area (Å²) in [4.78, 5) is 12.7. The molecule has 2 bridgehead atoms. The maximum Gasteiger partial charge on any atom is 0.242 e. The largest absolute Gasteiger partial charge is 0.299 e. The second-order valence-corrected chi connectivity index (χ2v) is 12.6. The number of Topliss-reactive ketones (excluding diaryl/α,β-unsaturated/α-hetero) is 1. The van der Waals surface area contributed by atoms with Gasteiger partial charge in [-0.3, -0.25) is 9.52 Å². The molecule has 3 rings (SSSR count). The Morgan fingerprint density at radius 3 is 2.32 bits per heavy atom. The third kappa shape index (κ3) is 3.17. The summed E-state index contributed by atoms with van der Waals surface area (Å²) in [6, 6.07) is 4.44. The van der Waals surface area contributed by atoms with E-state index in [1.165, 1.54) is 26.2 Å². The number of nitrogens with one attached hydrogen (secondary N) is 1. The van der Waals surface area contributed by atoms with Gasteiger partial charge in [0.15, 0.2) is 0 Å². The van der Waals surface area contributed by atoms with E-state index in [2.05, 4.69) is 4.72 Å². The van der Waals surface area contributed by atoms with Crippen LogP contribution in [0.15, 0.2) is 23.1 Å². The Morgan fingerprint density at radius 1 is 1.18 bits per heavy atom. The number of aryl methyl sites for hydroxylation is 1. The van der Waals surface area contributed by atoms with Crippen LogP contribution in [0.4, 0.5) is 5.69 Å². The van der Waals surface area contributed by atoms with Gasteiger partial charge in [0.05, 0.1) is 16.1 Å². The zero-order valence-corrected chi connectivity index (χ0v) is 18.6. The fourth-order valence-electron chi connectivity index (χ4n) is 4.79. The predicted octanol–water partition coefficient (Wildman–Crippen LogP) is 2.38. The van der Waals surface area contributed by atoms with Crippen LogP contribution in [0, 0.1) is 23.7 Å². The first kappa shape index (κ1) is 21.3. The molecule has 28 heavy (non-hydrogen) atoms. The van der Waals surface area contributed by atoms with Crippen LogP contribution in [0.5, 0.6) is 0 Å². The SMILES string of the molecule is Cc1ccc(NS(=O)(=O)CC23CCC(CC2=O)C3(C)C)cc1S(=O)(=O)N(C)C. The van der Waals surface area contributed by atoms with Gasteiger partial charge in [0.1, 0.15) is 5.78 Å². The highest BCUT2D eigenvalue weighted by Crippen LogP contribution is 2.64. The van der Waals surface area contributed by atoms with Gasteiger partial charge in [-0.1, -0.05) is 19.9 Å². The van der Waals surface area contributed by atoms with Crippen LogP contribution in [0.1, 0.15) is 38.7 Å². The van der Waals surface area contributed by atoms with Crippen LogP contribution in [0.2, 0.25) is 0 Å². The molecule has 2 fully saturated rings. The monoisotopic (exact) mass is 428 g/mol. The molecular formula is C19H28N2O5S2. The molecule has 0 spiro atoms. The van der Waals surface area contributed by atoms with E-state index < -0.39 is 25.5 Å². The molecule has 7 nitrogen and oxygen atoms in total. The molecule has 0 heterocycles. The van der Waals surface area contributed by atoms with Gasteiger partial charge < -0.3 is 0 Å². The van der Waals surface area contributed by atoms with Crippen LogP contribution in [-0.2, 0) is 24.8 Å². The van der Waals surface area contributed by atoms with E-state index in [1.54, 1.807) is 13.0 Å². The summed E-state index contributed by atoms with van der Waals surface area (Å²) in [5, 5.41) is 0. The molecule has 1 aromatic carbocycles. The fourth-order valence-corrected chi connectivity index (χ4v) is 7.81. The third-order valence-electron chi connectivity index (χ3n) is 6.80. The minimum absolute atomic E-state index is 0.0268. The normalized spacial score (nSPS) is 26.8. The number of benzene rings is 1. The molecule has 2 atom stereocenters.